The zero-order chi connectivity index (χ0) is 6.81. The molecule has 0 bridgehead atoms. The summed E-state index contributed by atoms with van der Waals surface area (Å²) in [5.41, 5.74) is 0. The van der Waals surface area contributed by atoms with Crippen molar-refractivity contribution in [3.05, 3.63) is 0 Å². The molecule has 1 atom stereocenters. The highest BCUT2D eigenvalue weighted by atomic mass is 35.5. The van der Waals surface area contributed by atoms with Crippen LogP contribution in [0.25, 0.3) is 0 Å². The van der Waals surface area contributed by atoms with Crippen LogP contribution in [0.15, 0.2) is 0 Å². The number of nitrogens with one attached hydrogen (secondary N) is 1. The number of epoxide rings is 1. The number of hydrogen-bond acceptors (Lipinski definition) is 2. The molecule has 4 heteroatoms. The second kappa shape index (κ2) is 4.26. The summed E-state index contributed by atoms with van der Waals surface area (Å²) in [6.45, 7) is 6.39. The van der Waals surface area contributed by atoms with Gasteiger partial charge >= 0.3 is 0 Å². The summed E-state index contributed by atoms with van der Waals surface area (Å²) in [4.78, 5) is 1.65. The lowest BCUT2D eigenvalue weighted by molar-refractivity contribution is -0.908. The standard InChI is InChI=1S/C7H13NO2.ClH/c1-3-9-4-2-8(1)5-7-6-10-7;/h7H,1-6H2;1H. The van der Waals surface area contributed by atoms with Crippen LogP contribution in [0.2, 0.25) is 0 Å². The molecule has 2 aliphatic heterocycles. The predicted octanol–water partition coefficient (Wildman–Crippen LogP) is -4.70. The summed E-state index contributed by atoms with van der Waals surface area (Å²) in [7, 11) is 0. The first-order valence-electron chi connectivity index (χ1n) is 3.98. The van der Waals surface area contributed by atoms with E-state index < -0.39 is 0 Å². The lowest BCUT2D eigenvalue weighted by atomic mass is 10.3. The van der Waals surface area contributed by atoms with Crippen LogP contribution in [-0.4, -0.2) is 45.6 Å². The first-order chi connectivity index (χ1) is 4.95. The van der Waals surface area contributed by atoms with Crippen LogP contribution in [0.5, 0.6) is 0 Å². The van der Waals surface area contributed by atoms with Crippen LogP contribution in [0.1, 0.15) is 0 Å². The van der Waals surface area contributed by atoms with Gasteiger partial charge in [-0.25, -0.2) is 0 Å². The van der Waals surface area contributed by atoms with E-state index in [2.05, 4.69) is 0 Å². The molecule has 0 aliphatic carbocycles. The van der Waals surface area contributed by atoms with Crippen LogP contribution in [-0.2, 0) is 9.47 Å². The second-order valence-electron chi connectivity index (χ2n) is 3.02. The smallest absolute Gasteiger partial charge is 0.130 e. The van der Waals surface area contributed by atoms with Crippen LogP contribution in [0.4, 0.5) is 0 Å². The minimum atomic E-state index is 0. The topological polar surface area (TPSA) is 26.2 Å². The lowest BCUT2D eigenvalue weighted by Gasteiger charge is -2.22. The lowest BCUT2D eigenvalue weighted by Crippen LogP contribution is -3.14. The van der Waals surface area contributed by atoms with Crippen LogP contribution in [0.3, 0.4) is 0 Å². The summed E-state index contributed by atoms with van der Waals surface area (Å²) in [5.74, 6) is 0. The van der Waals surface area contributed by atoms with Crippen molar-refractivity contribution >= 4 is 0 Å². The van der Waals surface area contributed by atoms with E-state index in [-0.39, 0.29) is 12.4 Å². The normalized spacial score (nSPS) is 31.1. The molecule has 66 valence electrons. The summed E-state index contributed by atoms with van der Waals surface area (Å²) < 4.78 is 10.4. The Kier molecular flexibility index (Phi) is 3.59. The van der Waals surface area contributed by atoms with E-state index in [0.29, 0.717) is 6.10 Å². The minimum Gasteiger partial charge on any atom is -1.00 e. The highest BCUT2D eigenvalue weighted by molar-refractivity contribution is 4.66. The average molecular weight is 180 g/mol. The van der Waals surface area contributed by atoms with Crippen molar-refractivity contribution in [2.24, 2.45) is 0 Å². The fraction of sp³-hybridized carbons (Fsp3) is 1.00. The van der Waals surface area contributed by atoms with E-state index >= 15 is 0 Å². The van der Waals surface area contributed by atoms with Crippen molar-refractivity contribution in [3.8, 4) is 0 Å². The van der Waals surface area contributed by atoms with E-state index in [1.54, 1.807) is 4.90 Å². The van der Waals surface area contributed by atoms with Gasteiger partial charge in [-0.1, -0.05) is 0 Å². The largest absolute Gasteiger partial charge is 1.00 e. The molecule has 11 heavy (non-hydrogen) atoms. The molecule has 0 aromatic carbocycles. The van der Waals surface area contributed by atoms with Gasteiger partial charge in [0.05, 0.1) is 19.8 Å². The van der Waals surface area contributed by atoms with Gasteiger partial charge in [-0.2, -0.15) is 0 Å². The van der Waals surface area contributed by atoms with Crippen LogP contribution in [0, 0.1) is 0 Å². The molecule has 2 heterocycles. The van der Waals surface area contributed by atoms with E-state index in [4.69, 9.17) is 9.47 Å². The third kappa shape index (κ3) is 2.95. The van der Waals surface area contributed by atoms with Crippen molar-refractivity contribution < 1.29 is 26.8 Å². The van der Waals surface area contributed by atoms with Gasteiger partial charge in [0.2, 0.25) is 0 Å². The van der Waals surface area contributed by atoms with E-state index in [0.717, 1.165) is 19.8 Å². The van der Waals surface area contributed by atoms with Crippen molar-refractivity contribution in [1.29, 1.82) is 0 Å². The van der Waals surface area contributed by atoms with Crippen molar-refractivity contribution in [2.75, 3.05) is 39.5 Å². The van der Waals surface area contributed by atoms with Crippen molar-refractivity contribution in [2.45, 2.75) is 6.10 Å². The molecule has 0 radical (unpaired) electrons. The monoisotopic (exact) mass is 179 g/mol. The molecule has 3 nitrogen and oxygen atoms in total. The van der Waals surface area contributed by atoms with E-state index in [1.807, 2.05) is 0 Å². The summed E-state index contributed by atoms with van der Waals surface area (Å²) in [5, 5.41) is 0. The second-order valence-corrected chi connectivity index (χ2v) is 3.02. The fourth-order valence-corrected chi connectivity index (χ4v) is 1.37. The predicted molar refractivity (Wildman–Crippen MR) is 36.1 cm³/mol. The minimum absolute atomic E-state index is 0. The molecule has 0 spiro atoms. The number of halogens is 1. The fourth-order valence-electron chi connectivity index (χ4n) is 1.37. The molecule has 2 saturated heterocycles. The third-order valence-corrected chi connectivity index (χ3v) is 2.12. The highest BCUT2D eigenvalue weighted by Crippen LogP contribution is 2.04. The highest BCUT2D eigenvalue weighted by Gasteiger charge is 2.28. The Morgan fingerprint density at radius 1 is 1.27 bits per heavy atom. The van der Waals surface area contributed by atoms with Gasteiger partial charge in [0.1, 0.15) is 25.7 Å². The molecule has 1 N–H and O–H groups in total. The Bertz CT molecular complexity index is 113. The quantitative estimate of drug-likeness (QED) is 0.432. The SMILES string of the molecule is C1C[NH+](CC2CO2)CCO1.[Cl-]. The van der Waals surface area contributed by atoms with Gasteiger partial charge in [-0.15, -0.1) is 0 Å². The van der Waals surface area contributed by atoms with Gasteiger partial charge in [-0.3, -0.25) is 0 Å². The Morgan fingerprint density at radius 3 is 2.45 bits per heavy atom. The first-order valence-corrected chi connectivity index (χ1v) is 3.98. The number of hydrogen-bond donors (Lipinski definition) is 1. The summed E-state index contributed by atoms with van der Waals surface area (Å²) >= 11 is 0. The Hall–Kier alpha value is 0.170. The van der Waals surface area contributed by atoms with Gasteiger partial charge in [0.25, 0.3) is 0 Å². The van der Waals surface area contributed by atoms with Crippen molar-refractivity contribution in [1.82, 2.24) is 0 Å². The molecule has 2 aliphatic rings. The molecule has 0 saturated carbocycles. The maximum atomic E-state index is 5.24. The van der Waals surface area contributed by atoms with E-state index in [1.165, 1.54) is 19.6 Å². The molecule has 2 rings (SSSR count). The van der Waals surface area contributed by atoms with Crippen LogP contribution >= 0.6 is 0 Å². The van der Waals surface area contributed by atoms with Crippen molar-refractivity contribution in [3.63, 3.8) is 0 Å². The van der Waals surface area contributed by atoms with Crippen LogP contribution < -0.4 is 17.3 Å². The molecular formula is C7H14ClNO2. The first kappa shape index (κ1) is 9.26. The molecular weight excluding hydrogens is 166 g/mol. The maximum absolute atomic E-state index is 5.24. The number of quaternary nitrogens is 1. The molecule has 2 fully saturated rings. The van der Waals surface area contributed by atoms with E-state index in [9.17, 15) is 0 Å². The number of morpholine rings is 1. The van der Waals surface area contributed by atoms with Gasteiger partial charge in [-0.05, 0) is 0 Å². The summed E-state index contributed by atoms with van der Waals surface area (Å²) in [6, 6.07) is 0. The molecule has 0 amide bonds. The Labute approximate surface area is 73.1 Å². The molecule has 0 aromatic heterocycles. The average Bonchev–Trinajstić information content (AvgIpc) is 2.74. The number of ether oxygens (including phenoxy) is 2. The van der Waals surface area contributed by atoms with Gasteiger partial charge in [0, 0.05) is 0 Å². The maximum Gasteiger partial charge on any atom is 0.130 e. The molecule has 0 aromatic rings. The van der Waals surface area contributed by atoms with Gasteiger partial charge in [0.15, 0.2) is 0 Å². The third-order valence-electron chi connectivity index (χ3n) is 2.12. The van der Waals surface area contributed by atoms with Gasteiger partial charge < -0.3 is 26.8 Å². The Morgan fingerprint density at radius 2 is 1.91 bits per heavy atom. The molecule has 1 unspecified atom stereocenters. The summed E-state index contributed by atoms with van der Waals surface area (Å²) in [6.07, 6.45) is 0.577. The Balaban J connectivity index is 0.000000605. The zero-order valence-corrected chi connectivity index (χ0v) is 7.27. The number of rotatable bonds is 2. The zero-order valence-electron chi connectivity index (χ0n) is 6.51.